The van der Waals surface area contributed by atoms with Gasteiger partial charge in [-0.3, -0.25) is 9.59 Å². The van der Waals surface area contributed by atoms with Gasteiger partial charge in [0.2, 0.25) is 0 Å². The number of amides is 1. The van der Waals surface area contributed by atoms with Crippen molar-refractivity contribution in [3.05, 3.63) is 29.0 Å². The first kappa shape index (κ1) is 16.5. The quantitative estimate of drug-likeness (QED) is 0.922. The summed E-state index contributed by atoms with van der Waals surface area (Å²) in [5, 5.41) is 9.33. The van der Waals surface area contributed by atoms with Crippen LogP contribution in [0.5, 0.6) is 5.75 Å². The molecule has 0 saturated carbocycles. The van der Waals surface area contributed by atoms with Gasteiger partial charge in [0, 0.05) is 13.1 Å². The highest BCUT2D eigenvalue weighted by Gasteiger charge is 2.39. The van der Waals surface area contributed by atoms with E-state index in [4.69, 9.17) is 16.3 Å². The first-order chi connectivity index (χ1) is 10.3. The standard InChI is InChI=1S/C15H17ClFNO4/c1-15(14(20)21)5-2-6-18(9-15)13(19)8-22-12-4-3-10(17)7-11(12)16/h3-4,7H,2,5-6,8-9H2,1H3,(H,20,21). The van der Waals surface area contributed by atoms with Crippen LogP contribution in [-0.2, 0) is 9.59 Å². The lowest BCUT2D eigenvalue weighted by atomic mass is 9.82. The minimum atomic E-state index is -0.929. The van der Waals surface area contributed by atoms with E-state index in [2.05, 4.69) is 0 Å². The number of halogens is 2. The molecule has 1 amide bonds. The normalized spacial score (nSPS) is 21.5. The molecule has 1 fully saturated rings. The fraction of sp³-hybridized carbons (Fsp3) is 0.467. The van der Waals surface area contributed by atoms with Gasteiger partial charge in [-0.05, 0) is 38.0 Å². The molecule has 7 heteroatoms. The molecule has 1 aromatic rings. The number of carbonyl (C=O) groups excluding carboxylic acids is 1. The first-order valence-electron chi connectivity index (χ1n) is 6.91. The number of likely N-dealkylation sites (tertiary alicyclic amines) is 1. The number of aliphatic carboxylic acids is 1. The molecule has 5 nitrogen and oxygen atoms in total. The molecule has 2 rings (SSSR count). The lowest BCUT2D eigenvalue weighted by Crippen LogP contribution is -2.49. The lowest BCUT2D eigenvalue weighted by molar-refractivity contribution is -0.153. The van der Waals surface area contributed by atoms with Crippen LogP contribution in [0.3, 0.4) is 0 Å². The number of piperidine rings is 1. The summed E-state index contributed by atoms with van der Waals surface area (Å²) in [7, 11) is 0. The van der Waals surface area contributed by atoms with Crippen LogP contribution in [0, 0.1) is 11.2 Å². The van der Waals surface area contributed by atoms with Crippen LogP contribution in [0.15, 0.2) is 18.2 Å². The van der Waals surface area contributed by atoms with Gasteiger partial charge >= 0.3 is 5.97 Å². The number of hydrogen-bond acceptors (Lipinski definition) is 3. The number of nitrogens with zero attached hydrogens (tertiary/aromatic N) is 1. The number of hydrogen-bond donors (Lipinski definition) is 1. The third-order valence-electron chi connectivity index (χ3n) is 3.81. The first-order valence-corrected chi connectivity index (χ1v) is 7.29. The van der Waals surface area contributed by atoms with E-state index in [-0.39, 0.29) is 29.8 Å². The number of carbonyl (C=O) groups is 2. The van der Waals surface area contributed by atoms with Gasteiger partial charge in [-0.2, -0.15) is 0 Å². The van der Waals surface area contributed by atoms with Gasteiger partial charge < -0.3 is 14.7 Å². The Balaban J connectivity index is 1.96. The van der Waals surface area contributed by atoms with Gasteiger partial charge in [0.25, 0.3) is 5.91 Å². The second-order valence-electron chi connectivity index (χ2n) is 5.65. The van der Waals surface area contributed by atoms with Crippen molar-refractivity contribution in [2.24, 2.45) is 5.41 Å². The van der Waals surface area contributed by atoms with Crippen molar-refractivity contribution in [2.45, 2.75) is 19.8 Å². The van der Waals surface area contributed by atoms with E-state index in [1.807, 2.05) is 0 Å². The molecule has 0 aliphatic carbocycles. The average molecular weight is 330 g/mol. The molecule has 1 atom stereocenters. The molecule has 0 bridgehead atoms. The third kappa shape index (κ3) is 3.68. The number of rotatable bonds is 4. The van der Waals surface area contributed by atoms with Gasteiger partial charge in [-0.15, -0.1) is 0 Å². The predicted molar refractivity (Wildman–Crippen MR) is 78.5 cm³/mol. The maximum absolute atomic E-state index is 12.9. The summed E-state index contributed by atoms with van der Waals surface area (Å²) < 4.78 is 18.2. The maximum Gasteiger partial charge on any atom is 0.311 e. The van der Waals surface area contributed by atoms with Gasteiger partial charge in [-0.1, -0.05) is 11.6 Å². The van der Waals surface area contributed by atoms with E-state index < -0.39 is 17.2 Å². The van der Waals surface area contributed by atoms with E-state index in [9.17, 15) is 19.1 Å². The van der Waals surface area contributed by atoms with Gasteiger partial charge in [0.05, 0.1) is 10.4 Å². The highest BCUT2D eigenvalue weighted by molar-refractivity contribution is 6.32. The Morgan fingerprint density at radius 1 is 1.50 bits per heavy atom. The summed E-state index contributed by atoms with van der Waals surface area (Å²) in [5.41, 5.74) is -0.929. The topological polar surface area (TPSA) is 66.8 Å². The van der Waals surface area contributed by atoms with E-state index in [0.29, 0.717) is 19.4 Å². The van der Waals surface area contributed by atoms with Crippen molar-refractivity contribution in [1.29, 1.82) is 0 Å². The molecule has 0 spiro atoms. The Hall–Kier alpha value is -1.82. The monoisotopic (exact) mass is 329 g/mol. The molecule has 0 aromatic heterocycles. The van der Waals surface area contributed by atoms with Crippen molar-refractivity contribution in [2.75, 3.05) is 19.7 Å². The summed E-state index contributed by atoms with van der Waals surface area (Å²) >= 11 is 5.82. The van der Waals surface area contributed by atoms with Crippen molar-refractivity contribution in [3.63, 3.8) is 0 Å². The van der Waals surface area contributed by atoms with Crippen molar-refractivity contribution < 1.29 is 23.8 Å². The summed E-state index contributed by atoms with van der Waals surface area (Å²) in [6.45, 7) is 2.03. The average Bonchev–Trinajstić information content (AvgIpc) is 2.46. The zero-order chi connectivity index (χ0) is 16.3. The molecule has 1 aliphatic rings. The number of carboxylic acid groups (broad SMARTS) is 1. The van der Waals surface area contributed by atoms with E-state index >= 15 is 0 Å². The van der Waals surface area contributed by atoms with Crippen LogP contribution in [0.1, 0.15) is 19.8 Å². The zero-order valence-electron chi connectivity index (χ0n) is 12.1. The molecule has 1 aliphatic heterocycles. The van der Waals surface area contributed by atoms with E-state index in [0.717, 1.165) is 6.07 Å². The van der Waals surface area contributed by atoms with Crippen LogP contribution in [0.2, 0.25) is 5.02 Å². The molecule has 1 heterocycles. The lowest BCUT2D eigenvalue weighted by Gasteiger charge is -2.37. The van der Waals surface area contributed by atoms with Gasteiger partial charge in [-0.25, -0.2) is 4.39 Å². The summed E-state index contributed by atoms with van der Waals surface area (Å²) in [6.07, 6.45) is 1.17. The molecule has 1 unspecified atom stereocenters. The van der Waals surface area contributed by atoms with Crippen molar-refractivity contribution in [3.8, 4) is 5.75 Å². The third-order valence-corrected chi connectivity index (χ3v) is 4.11. The highest BCUT2D eigenvalue weighted by Crippen LogP contribution is 2.30. The highest BCUT2D eigenvalue weighted by atomic mass is 35.5. The Morgan fingerprint density at radius 2 is 2.23 bits per heavy atom. The van der Waals surface area contributed by atoms with Crippen LogP contribution in [0.4, 0.5) is 4.39 Å². The number of ether oxygens (including phenoxy) is 1. The molecular formula is C15H17ClFNO4. The molecule has 1 saturated heterocycles. The van der Waals surface area contributed by atoms with Crippen molar-refractivity contribution in [1.82, 2.24) is 4.90 Å². The second kappa shape index (κ2) is 6.52. The molecular weight excluding hydrogens is 313 g/mol. The van der Waals surface area contributed by atoms with Crippen LogP contribution in [-0.4, -0.2) is 41.6 Å². The Kier molecular flexibility index (Phi) is 4.90. The minimum Gasteiger partial charge on any atom is -0.482 e. The van der Waals surface area contributed by atoms with Crippen LogP contribution >= 0.6 is 11.6 Å². The molecule has 120 valence electrons. The van der Waals surface area contributed by atoms with Gasteiger partial charge in [0.15, 0.2) is 6.61 Å². The zero-order valence-corrected chi connectivity index (χ0v) is 12.9. The largest absolute Gasteiger partial charge is 0.482 e. The van der Waals surface area contributed by atoms with Gasteiger partial charge in [0.1, 0.15) is 11.6 Å². The number of benzene rings is 1. The Bertz CT molecular complexity index is 595. The minimum absolute atomic E-state index is 0.0850. The van der Waals surface area contributed by atoms with Crippen LogP contribution < -0.4 is 4.74 Å². The maximum atomic E-state index is 12.9. The summed E-state index contributed by atoms with van der Waals surface area (Å²) in [6, 6.07) is 3.64. The second-order valence-corrected chi connectivity index (χ2v) is 6.06. The summed E-state index contributed by atoms with van der Waals surface area (Å²) in [5.74, 6) is -1.49. The fourth-order valence-corrected chi connectivity index (χ4v) is 2.67. The van der Waals surface area contributed by atoms with E-state index in [1.54, 1.807) is 6.92 Å². The Labute approximate surface area is 132 Å². The molecule has 1 aromatic carbocycles. The van der Waals surface area contributed by atoms with E-state index in [1.165, 1.54) is 17.0 Å². The summed E-state index contributed by atoms with van der Waals surface area (Å²) in [4.78, 5) is 24.9. The molecule has 0 radical (unpaired) electrons. The smallest absolute Gasteiger partial charge is 0.311 e. The van der Waals surface area contributed by atoms with Crippen molar-refractivity contribution >= 4 is 23.5 Å². The SMILES string of the molecule is CC1(C(=O)O)CCCN(C(=O)COc2ccc(F)cc2Cl)C1. The predicted octanol–water partition coefficient (Wildman–Crippen LogP) is 2.57. The Morgan fingerprint density at radius 3 is 2.86 bits per heavy atom. The fourth-order valence-electron chi connectivity index (χ4n) is 2.45. The number of carboxylic acids is 1. The van der Waals surface area contributed by atoms with Crippen LogP contribution in [0.25, 0.3) is 0 Å². The molecule has 1 N–H and O–H groups in total. The molecule has 22 heavy (non-hydrogen) atoms.